The highest BCUT2D eigenvalue weighted by Crippen LogP contribution is 2.21. The number of hydrogen-bond donors (Lipinski definition) is 2. The summed E-state index contributed by atoms with van der Waals surface area (Å²) in [5.41, 5.74) is 5.37. The smallest absolute Gasteiger partial charge is 0.0963 e. The summed E-state index contributed by atoms with van der Waals surface area (Å²) in [6.07, 6.45) is 2.02. The van der Waals surface area contributed by atoms with Gasteiger partial charge in [0.25, 0.3) is 0 Å². The molecule has 0 saturated carbocycles. The summed E-state index contributed by atoms with van der Waals surface area (Å²) < 4.78 is 5.29. The summed E-state index contributed by atoms with van der Waals surface area (Å²) in [7, 11) is 2.10. The largest absolute Gasteiger partial charge is 0.387 e. The van der Waals surface area contributed by atoms with Crippen LogP contribution >= 0.6 is 0 Å². The number of amidine groups is 1. The Bertz CT molecular complexity index is 204. The fourth-order valence-corrected chi connectivity index (χ4v) is 1.40. The summed E-state index contributed by atoms with van der Waals surface area (Å²) in [6, 6.07) is 0. The molecule has 0 radical (unpaired) electrons. The number of rotatable bonds is 9. The molecule has 0 aromatic rings. The molecule has 4 heteroatoms. The number of ether oxygens (including phenoxy) is 1. The lowest BCUT2D eigenvalue weighted by Crippen LogP contribution is -2.32. The van der Waals surface area contributed by atoms with Crippen LogP contribution in [0.5, 0.6) is 0 Å². The Kier molecular flexibility index (Phi) is 7.34. The van der Waals surface area contributed by atoms with Crippen LogP contribution in [0.2, 0.25) is 0 Å². The van der Waals surface area contributed by atoms with Gasteiger partial charge in [-0.05, 0) is 33.4 Å². The van der Waals surface area contributed by atoms with Crippen molar-refractivity contribution in [2.24, 2.45) is 11.1 Å². The molecular weight excluding hydrogens is 202 g/mol. The Morgan fingerprint density at radius 2 is 2.00 bits per heavy atom. The molecule has 0 spiro atoms. The van der Waals surface area contributed by atoms with Crippen molar-refractivity contribution in [3.63, 3.8) is 0 Å². The van der Waals surface area contributed by atoms with E-state index >= 15 is 0 Å². The van der Waals surface area contributed by atoms with E-state index < -0.39 is 0 Å². The van der Waals surface area contributed by atoms with Crippen molar-refractivity contribution in [2.45, 2.75) is 33.6 Å². The SMILES string of the molecule is CCOCCN(C)CCCC(C)(C)C(=N)N. The zero-order valence-electron chi connectivity index (χ0n) is 11.2. The molecule has 96 valence electrons. The zero-order chi connectivity index (χ0) is 12.6. The maximum atomic E-state index is 7.46. The topological polar surface area (TPSA) is 62.3 Å². The van der Waals surface area contributed by atoms with Crippen LogP contribution in [0, 0.1) is 10.8 Å². The molecule has 0 aliphatic rings. The Balaban J connectivity index is 3.61. The number of nitrogens with zero attached hydrogens (tertiary/aromatic N) is 1. The molecule has 0 rings (SSSR count). The van der Waals surface area contributed by atoms with Crippen molar-refractivity contribution in [2.75, 3.05) is 33.4 Å². The Morgan fingerprint density at radius 3 is 2.50 bits per heavy atom. The Labute approximate surface area is 99.7 Å². The van der Waals surface area contributed by atoms with Crippen LogP contribution in [-0.2, 0) is 4.74 Å². The Morgan fingerprint density at radius 1 is 1.38 bits per heavy atom. The van der Waals surface area contributed by atoms with Crippen LogP contribution < -0.4 is 5.73 Å². The van der Waals surface area contributed by atoms with Crippen molar-refractivity contribution in [3.05, 3.63) is 0 Å². The zero-order valence-corrected chi connectivity index (χ0v) is 11.2. The lowest BCUT2D eigenvalue weighted by Gasteiger charge is -2.24. The van der Waals surface area contributed by atoms with Gasteiger partial charge in [-0.1, -0.05) is 13.8 Å². The maximum absolute atomic E-state index is 7.46. The van der Waals surface area contributed by atoms with E-state index in [4.69, 9.17) is 15.9 Å². The summed E-state index contributed by atoms with van der Waals surface area (Å²) in [6.45, 7) is 9.63. The average Bonchev–Trinajstić information content (AvgIpc) is 2.17. The molecule has 0 atom stereocenters. The molecule has 0 bridgehead atoms. The van der Waals surface area contributed by atoms with Gasteiger partial charge in [0.15, 0.2) is 0 Å². The summed E-state index contributed by atoms with van der Waals surface area (Å²) >= 11 is 0. The molecular formula is C12H27N3O. The third kappa shape index (κ3) is 6.80. The second-order valence-corrected chi connectivity index (χ2v) is 4.90. The predicted octanol–water partition coefficient (Wildman–Crippen LogP) is 1.70. The van der Waals surface area contributed by atoms with E-state index in [1.807, 2.05) is 20.8 Å². The minimum Gasteiger partial charge on any atom is -0.387 e. The maximum Gasteiger partial charge on any atom is 0.0963 e. The highest BCUT2D eigenvalue weighted by atomic mass is 16.5. The van der Waals surface area contributed by atoms with Crippen molar-refractivity contribution in [1.82, 2.24) is 4.90 Å². The lowest BCUT2D eigenvalue weighted by molar-refractivity contribution is 0.121. The average molecular weight is 229 g/mol. The van der Waals surface area contributed by atoms with Crippen LogP contribution in [0.1, 0.15) is 33.6 Å². The first-order valence-corrected chi connectivity index (χ1v) is 6.01. The third-order valence-electron chi connectivity index (χ3n) is 2.89. The van der Waals surface area contributed by atoms with Crippen LogP contribution in [0.15, 0.2) is 0 Å². The van der Waals surface area contributed by atoms with E-state index in [0.29, 0.717) is 0 Å². The van der Waals surface area contributed by atoms with Gasteiger partial charge in [-0.2, -0.15) is 0 Å². The summed E-state index contributed by atoms with van der Waals surface area (Å²) in [5, 5.41) is 7.46. The van der Waals surface area contributed by atoms with Crippen LogP contribution in [0.3, 0.4) is 0 Å². The second-order valence-electron chi connectivity index (χ2n) is 4.90. The predicted molar refractivity (Wildman–Crippen MR) is 68.9 cm³/mol. The van der Waals surface area contributed by atoms with Crippen molar-refractivity contribution in [1.29, 1.82) is 5.41 Å². The lowest BCUT2D eigenvalue weighted by atomic mass is 9.86. The third-order valence-corrected chi connectivity index (χ3v) is 2.89. The number of nitrogens with two attached hydrogens (primary N) is 1. The van der Waals surface area contributed by atoms with Gasteiger partial charge in [0, 0.05) is 18.6 Å². The molecule has 0 heterocycles. The minimum absolute atomic E-state index is 0.166. The normalized spacial score (nSPS) is 12.1. The van der Waals surface area contributed by atoms with Gasteiger partial charge in [0.05, 0.1) is 12.4 Å². The molecule has 4 nitrogen and oxygen atoms in total. The molecule has 0 fully saturated rings. The van der Waals surface area contributed by atoms with Crippen LogP contribution in [0.25, 0.3) is 0 Å². The molecule has 0 saturated heterocycles. The van der Waals surface area contributed by atoms with Crippen LogP contribution in [-0.4, -0.2) is 44.1 Å². The van der Waals surface area contributed by atoms with Crippen molar-refractivity contribution in [3.8, 4) is 0 Å². The first kappa shape index (κ1) is 15.4. The van der Waals surface area contributed by atoms with E-state index in [1.165, 1.54) is 0 Å². The molecule has 0 aromatic heterocycles. The van der Waals surface area contributed by atoms with Gasteiger partial charge >= 0.3 is 0 Å². The highest BCUT2D eigenvalue weighted by molar-refractivity contribution is 5.82. The van der Waals surface area contributed by atoms with Gasteiger partial charge in [-0.15, -0.1) is 0 Å². The fourth-order valence-electron chi connectivity index (χ4n) is 1.40. The van der Waals surface area contributed by atoms with Crippen LogP contribution in [0.4, 0.5) is 0 Å². The van der Waals surface area contributed by atoms with Crippen molar-refractivity contribution < 1.29 is 4.74 Å². The monoisotopic (exact) mass is 229 g/mol. The number of nitrogens with one attached hydrogen (secondary N) is 1. The van der Waals surface area contributed by atoms with Gasteiger partial charge in [0.1, 0.15) is 0 Å². The first-order valence-electron chi connectivity index (χ1n) is 6.01. The summed E-state index contributed by atoms with van der Waals surface area (Å²) in [4.78, 5) is 2.26. The quantitative estimate of drug-likeness (QED) is 0.359. The van der Waals surface area contributed by atoms with E-state index in [0.717, 1.165) is 39.1 Å². The molecule has 16 heavy (non-hydrogen) atoms. The van der Waals surface area contributed by atoms with Gasteiger partial charge in [-0.3, -0.25) is 5.41 Å². The molecule has 0 aliphatic carbocycles. The fraction of sp³-hybridized carbons (Fsp3) is 0.917. The van der Waals surface area contributed by atoms with Crippen molar-refractivity contribution >= 4 is 5.84 Å². The molecule has 0 aromatic carbocycles. The van der Waals surface area contributed by atoms with E-state index in [9.17, 15) is 0 Å². The molecule has 0 unspecified atom stereocenters. The first-order chi connectivity index (χ1) is 7.40. The van der Waals surface area contributed by atoms with E-state index in [-0.39, 0.29) is 11.3 Å². The van der Waals surface area contributed by atoms with Gasteiger partial charge < -0.3 is 15.4 Å². The number of hydrogen-bond acceptors (Lipinski definition) is 3. The number of likely N-dealkylation sites (N-methyl/N-ethyl adjacent to an activating group) is 1. The molecule has 3 N–H and O–H groups in total. The second kappa shape index (κ2) is 7.63. The van der Waals surface area contributed by atoms with Gasteiger partial charge in [-0.25, -0.2) is 0 Å². The highest BCUT2D eigenvalue weighted by Gasteiger charge is 2.20. The minimum atomic E-state index is -0.166. The standard InChI is InChI=1S/C12H27N3O/c1-5-16-10-9-15(4)8-6-7-12(2,3)11(13)14/h5-10H2,1-4H3,(H3,13,14). The molecule has 0 aliphatic heterocycles. The van der Waals surface area contributed by atoms with E-state index in [1.54, 1.807) is 0 Å². The van der Waals surface area contributed by atoms with Gasteiger partial charge in [0.2, 0.25) is 0 Å². The Hall–Kier alpha value is -0.610. The van der Waals surface area contributed by atoms with E-state index in [2.05, 4.69) is 11.9 Å². The molecule has 0 amide bonds. The summed E-state index contributed by atoms with van der Waals surface area (Å²) in [5.74, 6) is 0.282.